The van der Waals surface area contributed by atoms with Crippen molar-refractivity contribution in [1.29, 1.82) is 0 Å². The van der Waals surface area contributed by atoms with Gasteiger partial charge in [-0.1, -0.05) is 18.2 Å². The fraction of sp³-hybridized carbons (Fsp3) is 0.632. The van der Waals surface area contributed by atoms with Crippen molar-refractivity contribution < 1.29 is 9.53 Å². The molecule has 0 amide bonds. The number of hydrogen-bond donors (Lipinski definition) is 0. The predicted octanol–water partition coefficient (Wildman–Crippen LogP) is 3.61. The summed E-state index contributed by atoms with van der Waals surface area (Å²) in [7, 11) is 1.70. The van der Waals surface area contributed by atoms with E-state index in [1.807, 2.05) is 19.9 Å². The molecule has 0 radical (unpaired) electrons. The molecule has 0 unspecified atom stereocenters. The first-order valence-corrected chi connectivity index (χ1v) is 10.3. The number of hydrogen-bond acceptors (Lipinski definition) is 5. The van der Waals surface area contributed by atoms with E-state index >= 15 is 0 Å². The van der Waals surface area contributed by atoms with Crippen LogP contribution in [0.5, 0.6) is 0 Å². The number of ketones is 1. The summed E-state index contributed by atoms with van der Waals surface area (Å²) in [6.07, 6.45) is 4.55. The summed E-state index contributed by atoms with van der Waals surface area (Å²) in [5, 5.41) is 9.49. The number of carbonyl (C=O) groups excluding carboxylic acids is 1. The van der Waals surface area contributed by atoms with Crippen LogP contribution in [0.25, 0.3) is 0 Å². The zero-order valence-electron chi connectivity index (χ0n) is 16.1. The number of Topliss-reactive ketones (excluding diaryl/α,β-unsaturated/α-hetero) is 1. The molecule has 7 heteroatoms. The number of methoxy groups -OCH3 is 1. The molecule has 0 aromatic carbocycles. The average Bonchev–Trinajstić information content (AvgIpc) is 3.03. The van der Waals surface area contributed by atoms with Gasteiger partial charge in [0.1, 0.15) is 5.82 Å². The van der Waals surface area contributed by atoms with Gasteiger partial charge in [0.2, 0.25) is 0 Å². The third-order valence-corrected chi connectivity index (χ3v) is 6.01. The largest absolute Gasteiger partial charge is 0.383 e. The minimum absolute atomic E-state index is 0.143. The standard InChI is InChI=1S/C19H28N4O2S/c1-13-10-16(15(3)23(13)14(2)11-25-4)17(24)12-26-19-21-20-18-8-6-5-7-9-22(18)19/h10,14H,5-9,11-12H2,1-4H3/t14-/m0/s1. The summed E-state index contributed by atoms with van der Waals surface area (Å²) in [5.74, 6) is 1.59. The highest BCUT2D eigenvalue weighted by atomic mass is 32.2. The van der Waals surface area contributed by atoms with Crippen LogP contribution < -0.4 is 0 Å². The third-order valence-electron chi connectivity index (χ3n) is 5.04. The maximum absolute atomic E-state index is 12.8. The number of thioether (sulfide) groups is 1. The summed E-state index contributed by atoms with van der Waals surface area (Å²) in [5.41, 5.74) is 2.91. The molecule has 0 aliphatic carbocycles. The van der Waals surface area contributed by atoms with Crippen LogP contribution in [0.1, 0.15) is 59.8 Å². The number of nitrogens with zero attached hydrogens (tertiary/aromatic N) is 4. The Hall–Kier alpha value is -1.60. The Morgan fingerprint density at radius 2 is 2.12 bits per heavy atom. The molecule has 0 saturated carbocycles. The van der Waals surface area contributed by atoms with Gasteiger partial charge in [-0.2, -0.15) is 0 Å². The van der Waals surface area contributed by atoms with Gasteiger partial charge >= 0.3 is 0 Å². The molecule has 26 heavy (non-hydrogen) atoms. The molecule has 0 N–H and O–H groups in total. The van der Waals surface area contributed by atoms with Crippen molar-refractivity contribution in [3.05, 3.63) is 28.8 Å². The first-order valence-electron chi connectivity index (χ1n) is 9.28. The van der Waals surface area contributed by atoms with Crippen LogP contribution in [0.4, 0.5) is 0 Å². The van der Waals surface area contributed by atoms with Crippen LogP contribution in [-0.2, 0) is 17.7 Å². The molecule has 0 bridgehead atoms. The number of carbonyl (C=O) groups is 1. The summed E-state index contributed by atoms with van der Waals surface area (Å²) in [6.45, 7) is 7.76. The maximum Gasteiger partial charge on any atom is 0.191 e. The molecule has 0 saturated heterocycles. The Balaban J connectivity index is 1.71. The molecule has 1 atom stereocenters. The number of rotatable bonds is 7. The molecule has 0 fully saturated rings. The monoisotopic (exact) mass is 376 g/mol. The van der Waals surface area contributed by atoms with Gasteiger partial charge in [0, 0.05) is 37.0 Å². The molecule has 3 rings (SSSR count). The van der Waals surface area contributed by atoms with E-state index in [0.29, 0.717) is 12.4 Å². The number of fused-ring (bicyclic) bond motifs is 1. The molecule has 142 valence electrons. The van der Waals surface area contributed by atoms with Gasteiger partial charge in [-0.15, -0.1) is 10.2 Å². The van der Waals surface area contributed by atoms with Crippen molar-refractivity contribution in [2.45, 2.75) is 64.2 Å². The zero-order valence-corrected chi connectivity index (χ0v) is 16.9. The van der Waals surface area contributed by atoms with Gasteiger partial charge in [0.05, 0.1) is 18.4 Å². The smallest absolute Gasteiger partial charge is 0.191 e. The number of aromatic nitrogens is 4. The lowest BCUT2D eigenvalue weighted by molar-refractivity contribution is 0.102. The normalized spacial score (nSPS) is 15.5. The Bertz CT molecular complexity index is 781. The van der Waals surface area contributed by atoms with Crippen LogP contribution in [-0.4, -0.2) is 44.6 Å². The summed E-state index contributed by atoms with van der Waals surface area (Å²) >= 11 is 1.50. The summed E-state index contributed by atoms with van der Waals surface area (Å²) in [6, 6.07) is 2.20. The van der Waals surface area contributed by atoms with Gasteiger partial charge in [0.25, 0.3) is 0 Å². The second-order valence-corrected chi connectivity index (χ2v) is 7.97. The maximum atomic E-state index is 12.8. The second-order valence-electron chi connectivity index (χ2n) is 7.03. The fourth-order valence-electron chi connectivity index (χ4n) is 3.83. The first-order chi connectivity index (χ1) is 12.5. The van der Waals surface area contributed by atoms with Gasteiger partial charge in [0.15, 0.2) is 10.9 Å². The molecular weight excluding hydrogens is 348 g/mol. The fourth-order valence-corrected chi connectivity index (χ4v) is 4.69. The SMILES string of the molecule is COC[C@H](C)n1c(C)cc(C(=O)CSc2nnc3n2CCCCC3)c1C. The molecular formula is C19H28N4O2S. The lowest BCUT2D eigenvalue weighted by Crippen LogP contribution is -2.15. The first kappa shape index (κ1) is 19.2. The Labute approximate surface area is 159 Å². The van der Waals surface area contributed by atoms with Crippen molar-refractivity contribution >= 4 is 17.5 Å². The topological polar surface area (TPSA) is 61.9 Å². The highest BCUT2D eigenvalue weighted by molar-refractivity contribution is 7.99. The number of aryl methyl sites for hydroxylation is 2. The summed E-state index contributed by atoms with van der Waals surface area (Å²) in [4.78, 5) is 12.8. The van der Waals surface area contributed by atoms with Crippen LogP contribution in [0.3, 0.4) is 0 Å². The lowest BCUT2D eigenvalue weighted by Gasteiger charge is -2.17. The van der Waals surface area contributed by atoms with Gasteiger partial charge in [-0.3, -0.25) is 4.79 Å². The average molecular weight is 377 g/mol. The van der Waals surface area contributed by atoms with E-state index in [1.165, 1.54) is 24.6 Å². The van der Waals surface area contributed by atoms with E-state index in [9.17, 15) is 4.79 Å². The van der Waals surface area contributed by atoms with Crippen LogP contribution in [0.15, 0.2) is 11.2 Å². The zero-order chi connectivity index (χ0) is 18.7. The Kier molecular flexibility index (Phi) is 6.19. The second kappa shape index (κ2) is 8.39. The van der Waals surface area contributed by atoms with Crippen LogP contribution in [0.2, 0.25) is 0 Å². The van der Waals surface area contributed by atoms with Gasteiger partial charge in [-0.25, -0.2) is 0 Å². The number of ether oxygens (including phenoxy) is 1. The van der Waals surface area contributed by atoms with Crippen molar-refractivity contribution in [2.24, 2.45) is 0 Å². The molecule has 2 aromatic heterocycles. The van der Waals surface area contributed by atoms with Gasteiger partial charge in [-0.05, 0) is 39.7 Å². The third kappa shape index (κ3) is 3.88. The predicted molar refractivity (Wildman–Crippen MR) is 103 cm³/mol. The highest BCUT2D eigenvalue weighted by Gasteiger charge is 2.21. The molecule has 0 spiro atoms. The molecule has 2 aromatic rings. The molecule has 6 nitrogen and oxygen atoms in total. The minimum atomic E-state index is 0.143. The Morgan fingerprint density at radius 1 is 1.31 bits per heavy atom. The van der Waals surface area contributed by atoms with Crippen molar-refractivity contribution in [2.75, 3.05) is 19.5 Å². The van der Waals surface area contributed by atoms with E-state index in [1.54, 1.807) is 7.11 Å². The van der Waals surface area contributed by atoms with E-state index in [2.05, 4.69) is 26.3 Å². The van der Waals surface area contributed by atoms with Crippen LogP contribution >= 0.6 is 11.8 Å². The quantitative estimate of drug-likeness (QED) is 0.546. The molecule has 1 aliphatic rings. The van der Waals surface area contributed by atoms with E-state index in [4.69, 9.17) is 4.74 Å². The summed E-state index contributed by atoms with van der Waals surface area (Å²) < 4.78 is 9.64. The minimum Gasteiger partial charge on any atom is -0.383 e. The van der Waals surface area contributed by atoms with Crippen LogP contribution in [0, 0.1) is 13.8 Å². The van der Waals surface area contributed by atoms with Crippen molar-refractivity contribution in [3.8, 4) is 0 Å². The van der Waals surface area contributed by atoms with E-state index in [-0.39, 0.29) is 11.8 Å². The van der Waals surface area contributed by atoms with E-state index in [0.717, 1.165) is 47.3 Å². The van der Waals surface area contributed by atoms with Gasteiger partial charge < -0.3 is 13.9 Å². The Morgan fingerprint density at radius 3 is 2.88 bits per heavy atom. The van der Waals surface area contributed by atoms with E-state index < -0.39 is 0 Å². The molecule has 3 heterocycles. The lowest BCUT2D eigenvalue weighted by atomic mass is 10.2. The van der Waals surface area contributed by atoms with Crippen molar-refractivity contribution in [1.82, 2.24) is 19.3 Å². The van der Waals surface area contributed by atoms with Crippen molar-refractivity contribution in [3.63, 3.8) is 0 Å². The highest BCUT2D eigenvalue weighted by Crippen LogP contribution is 2.25. The molecule has 1 aliphatic heterocycles.